The fourth-order valence-corrected chi connectivity index (χ4v) is 4.92. The molecular weight excluding hydrogens is 412 g/mol. The number of hydrogen-bond acceptors (Lipinski definition) is 1. The minimum Gasteiger partial charge on any atom is -0.343 e. The van der Waals surface area contributed by atoms with E-state index in [1.807, 2.05) is 25.2 Å². The van der Waals surface area contributed by atoms with Crippen LogP contribution >= 0.6 is 0 Å². The summed E-state index contributed by atoms with van der Waals surface area (Å²) in [7, 11) is 2.03. The molecule has 0 bridgehead atoms. The van der Waals surface area contributed by atoms with Gasteiger partial charge in [-0.15, -0.1) is 0 Å². The van der Waals surface area contributed by atoms with Crippen LogP contribution in [0.1, 0.15) is 5.56 Å². The SMILES string of the molecule is Cn1c2ccc(-c3cccc(-c4ccc(-c5ccccc5)cc4)c3)cc2c2cccc(C#N)c21. The summed E-state index contributed by atoms with van der Waals surface area (Å²) in [6, 6.07) is 42.8. The number of aromatic nitrogens is 1. The number of fused-ring (bicyclic) bond motifs is 3. The monoisotopic (exact) mass is 434 g/mol. The molecule has 160 valence electrons. The summed E-state index contributed by atoms with van der Waals surface area (Å²) in [5.74, 6) is 0. The van der Waals surface area contributed by atoms with E-state index in [0.717, 1.165) is 16.4 Å². The predicted molar refractivity (Wildman–Crippen MR) is 141 cm³/mol. The summed E-state index contributed by atoms with van der Waals surface area (Å²) in [5, 5.41) is 11.9. The van der Waals surface area contributed by atoms with Crippen LogP contribution < -0.4 is 0 Å². The fourth-order valence-electron chi connectivity index (χ4n) is 4.92. The molecule has 1 aromatic heterocycles. The van der Waals surface area contributed by atoms with E-state index >= 15 is 0 Å². The van der Waals surface area contributed by atoms with Gasteiger partial charge in [0.15, 0.2) is 0 Å². The Hall–Kier alpha value is -4.61. The molecule has 5 aromatic carbocycles. The van der Waals surface area contributed by atoms with Crippen molar-refractivity contribution in [3.05, 3.63) is 121 Å². The van der Waals surface area contributed by atoms with Gasteiger partial charge in [-0.05, 0) is 57.6 Å². The molecule has 1 heterocycles. The predicted octanol–water partition coefficient (Wildman–Crippen LogP) is 8.20. The number of aryl methyl sites for hydroxylation is 1. The Balaban J connectivity index is 1.41. The Morgan fingerprint density at radius 2 is 1.09 bits per heavy atom. The minimum absolute atomic E-state index is 0.707. The second-order valence-electron chi connectivity index (χ2n) is 8.63. The van der Waals surface area contributed by atoms with Gasteiger partial charge in [-0.2, -0.15) is 5.26 Å². The van der Waals surface area contributed by atoms with Crippen molar-refractivity contribution in [3.8, 4) is 39.4 Å². The molecule has 0 aliphatic heterocycles. The third kappa shape index (κ3) is 3.27. The Labute approximate surface area is 199 Å². The average molecular weight is 435 g/mol. The highest BCUT2D eigenvalue weighted by Crippen LogP contribution is 2.34. The van der Waals surface area contributed by atoms with E-state index in [1.165, 1.54) is 38.8 Å². The number of benzene rings is 5. The highest BCUT2D eigenvalue weighted by Gasteiger charge is 2.13. The minimum atomic E-state index is 0.707. The number of hydrogen-bond donors (Lipinski definition) is 0. The zero-order valence-electron chi connectivity index (χ0n) is 18.9. The van der Waals surface area contributed by atoms with E-state index in [9.17, 15) is 5.26 Å². The van der Waals surface area contributed by atoms with Crippen molar-refractivity contribution in [3.63, 3.8) is 0 Å². The van der Waals surface area contributed by atoms with Gasteiger partial charge >= 0.3 is 0 Å². The first-order chi connectivity index (χ1) is 16.7. The lowest BCUT2D eigenvalue weighted by molar-refractivity contribution is 1.01. The molecule has 34 heavy (non-hydrogen) atoms. The quantitative estimate of drug-likeness (QED) is 0.276. The van der Waals surface area contributed by atoms with Crippen molar-refractivity contribution in [2.75, 3.05) is 0 Å². The fraction of sp³-hybridized carbons (Fsp3) is 0.0312. The molecule has 0 N–H and O–H groups in total. The molecule has 0 radical (unpaired) electrons. The van der Waals surface area contributed by atoms with Crippen LogP contribution in [0.15, 0.2) is 115 Å². The lowest BCUT2D eigenvalue weighted by Crippen LogP contribution is -1.89. The van der Waals surface area contributed by atoms with Crippen molar-refractivity contribution < 1.29 is 0 Å². The maximum absolute atomic E-state index is 9.58. The zero-order valence-corrected chi connectivity index (χ0v) is 18.9. The van der Waals surface area contributed by atoms with E-state index in [-0.39, 0.29) is 0 Å². The van der Waals surface area contributed by atoms with Gasteiger partial charge in [0, 0.05) is 23.3 Å². The maximum Gasteiger partial charge on any atom is 0.101 e. The third-order valence-corrected chi connectivity index (χ3v) is 6.66. The highest BCUT2D eigenvalue weighted by molar-refractivity contribution is 6.10. The third-order valence-electron chi connectivity index (χ3n) is 6.66. The summed E-state index contributed by atoms with van der Waals surface area (Å²) in [4.78, 5) is 0. The smallest absolute Gasteiger partial charge is 0.101 e. The number of nitrogens with zero attached hydrogens (tertiary/aromatic N) is 2. The molecule has 0 amide bonds. The van der Waals surface area contributed by atoms with E-state index in [0.29, 0.717) is 5.56 Å². The van der Waals surface area contributed by atoms with E-state index in [2.05, 4.69) is 108 Å². The van der Waals surface area contributed by atoms with Gasteiger partial charge in [-0.1, -0.05) is 91.0 Å². The number of para-hydroxylation sites is 1. The molecule has 6 rings (SSSR count). The molecule has 0 saturated heterocycles. The van der Waals surface area contributed by atoms with Crippen LogP contribution in [-0.4, -0.2) is 4.57 Å². The molecule has 0 spiro atoms. The van der Waals surface area contributed by atoms with Crippen LogP contribution in [0.2, 0.25) is 0 Å². The van der Waals surface area contributed by atoms with Crippen LogP contribution in [0.3, 0.4) is 0 Å². The molecule has 0 aliphatic rings. The van der Waals surface area contributed by atoms with Gasteiger partial charge in [-0.25, -0.2) is 0 Å². The van der Waals surface area contributed by atoms with Crippen molar-refractivity contribution in [2.45, 2.75) is 0 Å². The molecule has 2 nitrogen and oxygen atoms in total. The first-order valence-corrected chi connectivity index (χ1v) is 11.4. The van der Waals surface area contributed by atoms with Gasteiger partial charge in [0.2, 0.25) is 0 Å². The lowest BCUT2D eigenvalue weighted by Gasteiger charge is -2.08. The van der Waals surface area contributed by atoms with Crippen LogP contribution in [0, 0.1) is 11.3 Å². The molecular formula is C32H22N2. The number of nitriles is 1. The molecule has 0 fully saturated rings. The highest BCUT2D eigenvalue weighted by atomic mass is 14.9. The Kier molecular flexibility index (Phi) is 4.75. The van der Waals surface area contributed by atoms with E-state index in [1.54, 1.807) is 0 Å². The molecule has 0 unspecified atom stereocenters. The van der Waals surface area contributed by atoms with Crippen LogP contribution in [0.25, 0.3) is 55.2 Å². The maximum atomic E-state index is 9.58. The number of rotatable bonds is 3. The van der Waals surface area contributed by atoms with Crippen molar-refractivity contribution in [1.82, 2.24) is 4.57 Å². The Bertz CT molecular complexity index is 1700. The summed E-state index contributed by atoms with van der Waals surface area (Å²) in [6.07, 6.45) is 0. The van der Waals surface area contributed by atoms with Crippen LogP contribution in [0.4, 0.5) is 0 Å². The summed E-state index contributed by atoms with van der Waals surface area (Å²) in [6.45, 7) is 0. The largest absolute Gasteiger partial charge is 0.343 e. The summed E-state index contributed by atoms with van der Waals surface area (Å²) < 4.78 is 2.12. The molecule has 2 heteroatoms. The van der Waals surface area contributed by atoms with Crippen molar-refractivity contribution >= 4 is 21.8 Å². The van der Waals surface area contributed by atoms with Crippen LogP contribution in [-0.2, 0) is 7.05 Å². The molecule has 0 atom stereocenters. The van der Waals surface area contributed by atoms with Gasteiger partial charge in [0.1, 0.15) is 6.07 Å². The second-order valence-corrected chi connectivity index (χ2v) is 8.63. The molecule has 6 aromatic rings. The van der Waals surface area contributed by atoms with Crippen molar-refractivity contribution in [1.29, 1.82) is 5.26 Å². The Morgan fingerprint density at radius 1 is 0.529 bits per heavy atom. The standard InChI is InChI=1S/C32H22N2/c1-34-31-18-17-27(20-30(31)29-12-6-11-28(21-33)32(29)34)26-10-5-9-25(19-26)24-15-13-23(14-16-24)22-7-3-2-4-8-22/h2-20H,1H3. The first kappa shape index (κ1) is 20.0. The second kappa shape index (κ2) is 8.06. The summed E-state index contributed by atoms with van der Waals surface area (Å²) >= 11 is 0. The normalized spacial score (nSPS) is 11.1. The first-order valence-electron chi connectivity index (χ1n) is 11.4. The summed E-state index contributed by atoms with van der Waals surface area (Å²) in [5.41, 5.74) is 10.0. The molecule has 0 aliphatic carbocycles. The van der Waals surface area contributed by atoms with E-state index in [4.69, 9.17) is 0 Å². The van der Waals surface area contributed by atoms with Crippen LogP contribution in [0.5, 0.6) is 0 Å². The van der Waals surface area contributed by atoms with Gasteiger partial charge in [0.05, 0.1) is 11.1 Å². The Morgan fingerprint density at radius 3 is 1.82 bits per heavy atom. The van der Waals surface area contributed by atoms with Gasteiger partial charge < -0.3 is 4.57 Å². The topological polar surface area (TPSA) is 28.7 Å². The average Bonchev–Trinajstić information content (AvgIpc) is 3.21. The zero-order chi connectivity index (χ0) is 23.1. The van der Waals surface area contributed by atoms with Gasteiger partial charge in [-0.3, -0.25) is 0 Å². The van der Waals surface area contributed by atoms with E-state index < -0.39 is 0 Å². The molecule has 0 saturated carbocycles. The van der Waals surface area contributed by atoms with Gasteiger partial charge in [0.25, 0.3) is 0 Å². The van der Waals surface area contributed by atoms with Crippen molar-refractivity contribution in [2.24, 2.45) is 7.05 Å². The lowest BCUT2D eigenvalue weighted by atomic mass is 9.96.